The van der Waals surface area contributed by atoms with Crippen molar-refractivity contribution in [2.45, 2.75) is 52.4 Å². The van der Waals surface area contributed by atoms with E-state index in [2.05, 4.69) is 20.4 Å². The van der Waals surface area contributed by atoms with Gasteiger partial charge in [-0.3, -0.25) is 0 Å². The fraction of sp³-hybridized carbons (Fsp3) is 0.308. The van der Waals surface area contributed by atoms with Gasteiger partial charge in [0, 0.05) is 29.0 Å². The molecule has 0 amide bonds. The van der Waals surface area contributed by atoms with Crippen LogP contribution in [0.1, 0.15) is 49.5 Å². The highest BCUT2D eigenvalue weighted by atomic mass is 32.1. The maximum atomic E-state index is 15.7. The highest BCUT2D eigenvalue weighted by Crippen LogP contribution is 2.46. The zero-order valence-corrected chi connectivity index (χ0v) is 22.5. The number of aromatic nitrogens is 4. The quantitative estimate of drug-likeness (QED) is 0.0771. The van der Waals surface area contributed by atoms with Gasteiger partial charge in [-0.1, -0.05) is 49.4 Å². The summed E-state index contributed by atoms with van der Waals surface area (Å²) in [4.78, 5) is 0. The van der Waals surface area contributed by atoms with Crippen LogP contribution in [-0.4, -0.2) is 20.4 Å². The Morgan fingerprint density at radius 2 is 0.875 bits per heavy atom. The van der Waals surface area contributed by atoms with Gasteiger partial charge in [-0.2, -0.15) is 0 Å². The summed E-state index contributed by atoms with van der Waals surface area (Å²) in [7, 11) is 0. The van der Waals surface area contributed by atoms with Gasteiger partial charge in [0.15, 0.2) is 50.7 Å². The van der Waals surface area contributed by atoms with Gasteiger partial charge in [-0.25, -0.2) is 35.1 Å². The SMILES string of the molecule is CCCCc1nnc(-c2c(F)c(F)c3c(c2F)c(F)c(F)c2c(-c4nnc(CCCC)s4)c(F)c(F)c(F)c23)s1. The molecule has 4 nitrogen and oxygen atoms in total. The molecule has 2 heterocycles. The molecule has 0 fully saturated rings. The van der Waals surface area contributed by atoms with E-state index >= 15 is 30.7 Å². The van der Waals surface area contributed by atoms with Gasteiger partial charge in [0.1, 0.15) is 15.8 Å². The van der Waals surface area contributed by atoms with Crippen molar-refractivity contribution >= 4 is 44.2 Å². The van der Waals surface area contributed by atoms with E-state index in [9.17, 15) is 4.39 Å². The topological polar surface area (TPSA) is 51.6 Å². The lowest BCUT2D eigenvalue weighted by Gasteiger charge is -2.16. The predicted molar refractivity (Wildman–Crippen MR) is 136 cm³/mol. The fourth-order valence-corrected chi connectivity index (χ4v) is 6.23. The first-order chi connectivity index (χ1) is 19.1. The first-order valence-electron chi connectivity index (χ1n) is 12.2. The molecule has 2 aromatic heterocycles. The van der Waals surface area contributed by atoms with Crippen molar-refractivity contribution in [3.05, 3.63) is 56.6 Å². The molecule has 0 N–H and O–H groups in total. The summed E-state index contributed by atoms with van der Waals surface area (Å²) >= 11 is 1.43. The molecule has 0 atom stereocenters. The Hall–Kier alpha value is -3.26. The molecule has 40 heavy (non-hydrogen) atoms. The second-order valence-corrected chi connectivity index (χ2v) is 11.1. The highest BCUT2D eigenvalue weighted by molar-refractivity contribution is 7.15. The minimum atomic E-state index is -2.19. The van der Waals surface area contributed by atoms with Crippen molar-refractivity contribution in [3.8, 4) is 21.1 Å². The number of unbranched alkanes of at least 4 members (excludes halogenated alkanes) is 2. The van der Waals surface area contributed by atoms with Crippen LogP contribution in [0.3, 0.4) is 0 Å². The molecule has 0 unspecified atom stereocenters. The van der Waals surface area contributed by atoms with Crippen LogP contribution in [0.5, 0.6) is 0 Å². The second-order valence-electron chi connectivity index (χ2n) is 8.97. The lowest BCUT2D eigenvalue weighted by molar-refractivity contribution is 0.453. The summed E-state index contributed by atoms with van der Waals surface area (Å²) in [6, 6.07) is 0. The molecule has 0 aliphatic rings. The summed E-state index contributed by atoms with van der Waals surface area (Å²) in [5.74, 6) is -16.0. The van der Waals surface area contributed by atoms with E-state index in [1.54, 1.807) is 0 Å². The van der Waals surface area contributed by atoms with E-state index in [-0.39, 0.29) is 0 Å². The number of fused-ring (bicyclic) bond motifs is 3. The first kappa shape index (κ1) is 28.3. The van der Waals surface area contributed by atoms with Gasteiger partial charge in [0.2, 0.25) is 0 Å². The monoisotopic (exact) mass is 602 g/mol. The Morgan fingerprint density at radius 1 is 0.450 bits per heavy atom. The third kappa shape index (κ3) is 4.41. The van der Waals surface area contributed by atoms with Crippen LogP contribution in [0.4, 0.5) is 35.1 Å². The average molecular weight is 603 g/mol. The number of rotatable bonds is 8. The van der Waals surface area contributed by atoms with Crippen LogP contribution < -0.4 is 0 Å². The van der Waals surface area contributed by atoms with Crippen molar-refractivity contribution in [2.75, 3.05) is 0 Å². The number of hydrogen-bond acceptors (Lipinski definition) is 6. The Bertz CT molecular complexity index is 1780. The summed E-state index contributed by atoms with van der Waals surface area (Å²) in [6.07, 6.45) is 3.67. The molecule has 0 saturated heterocycles. The molecule has 3 aromatic carbocycles. The molecule has 14 heteroatoms. The lowest BCUT2D eigenvalue weighted by Crippen LogP contribution is -2.06. The normalized spacial score (nSPS) is 11.8. The number of nitrogens with zero attached hydrogens (tertiary/aromatic N) is 4. The molecule has 5 rings (SSSR count). The number of aryl methyl sites for hydroxylation is 2. The predicted octanol–water partition coefficient (Wildman–Crippen LogP) is 8.83. The number of benzene rings is 3. The third-order valence-electron chi connectivity index (χ3n) is 6.38. The summed E-state index contributed by atoms with van der Waals surface area (Å²) < 4.78 is 123. The van der Waals surface area contributed by atoms with Gasteiger partial charge < -0.3 is 0 Å². The molecule has 0 aliphatic carbocycles. The lowest BCUT2D eigenvalue weighted by atomic mass is 9.94. The van der Waals surface area contributed by atoms with Gasteiger partial charge in [-0.15, -0.1) is 20.4 Å². The van der Waals surface area contributed by atoms with E-state index in [0.717, 1.165) is 24.2 Å². The molecule has 0 spiro atoms. The van der Waals surface area contributed by atoms with Crippen LogP contribution in [0.15, 0.2) is 0 Å². The minimum Gasteiger partial charge on any atom is -0.205 e. The van der Waals surface area contributed by atoms with Gasteiger partial charge in [0.05, 0.1) is 16.5 Å². The van der Waals surface area contributed by atoms with Crippen molar-refractivity contribution < 1.29 is 35.1 Å². The van der Waals surface area contributed by atoms with E-state index < -0.39 is 89.2 Å². The van der Waals surface area contributed by atoms with E-state index in [1.807, 2.05) is 13.8 Å². The van der Waals surface area contributed by atoms with Crippen LogP contribution >= 0.6 is 22.7 Å². The Morgan fingerprint density at radius 3 is 1.43 bits per heavy atom. The molecular formula is C26H18F8N4S2. The molecule has 0 saturated carbocycles. The largest absolute Gasteiger partial charge is 0.205 e. The van der Waals surface area contributed by atoms with Crippen LogP contribution in [0.25, 0.3) is 42.7 Å². The standard InChI is InChI=1S/C26H18F8N4S2/c1-3-5-7-9-35-37-25(39-9)15-13-11(20(30)24(34)22(15)32)12-14(21(31)19(13)29)17(27)16(23(33)18(12)28)26-38-36-10(40-26)8-6-4-2/h3-8H2,1-2H3. The molecule has 0 bridgehead atoms. The van der Waals surface area contributed by atoms with E-state index in [4.69, 9.17) is 0 Å². The minimum absolute atomic E-state index is 0.346. The van der Waals surface area contributed by atoms with Crippen molar-refractivity contribution in [2.24, 2.45) is 0 Å². The zero-order chi connectivity index (χ0) is 28.9. The summed E-state index contributed by atoms with van der Waals surface area (Å²) in [6.45, 7) is 3.79. The number of hydrogen-bond donors (Lipinski definition) is 0. The van der Waals surface area contributed by atoms with Gasteiger partial charge in [0.25, 0.3) is 0 Å². The summed E-state index contributed by atoms with van der Waals surface area (Å²) in [5.41, 5.74) is -2.18. The molecule has 210 valence electrons. The molecule has 0 aliphatic heterocycles. The van der Waals surface area contributed by atoms with Crippen molar-refractivity contribution in [1.29, 1.82) is 0 Å². The molecule has 0 radical (unpaired) electrons. The average Bonchev–Trinajstić information content (AvgIpc) is 3.60. The van der Waals surface area contributed by atoms with Gasteiger partial charge >= 0.3 is 0 Å². The van der Waals surface area contributed by atoms with Crippen molar-refractivity contribution in [1.82, 2.24) is 20.4 Å². The third-order valence-corrected chi connectivity index (χ3v) is 8.38. The van der Waals surface area contributed by atoms with Crippen LogP contribution in [0.2, 0.25) is 0 Å². The first-order valence-corrected chi connectivity index (χ1v) is 13.9. The van der Waals surface area contributed by atoms with Crippen LogP contribution in [0, 0.1) is 46.5 Å². The maximum absolute atomic E-state index is 15.7. The zero-order valence-electron chi connectivity index (χ0n) is 20.9. The Labute approximate surface area is 229 Å². The molecule has 5 aromatic rings. The highest BCUT2D eigenvalue weighted by Gasteiger charge is 2.35. The smallest absolute Gasteiger partial charge is 0.195 e. The van der Waals surface area contributed by atoms with Gasteiger partial charge in [-0.05, 0) is 12.8 Å². The Balaban J connectivity index is 1.87. The van der Waals surface area contributed by atoms with Crippen molar-refractivity contribution in [3.63, 3.8) is 0 Å². The number of halogens is 8. The summed E-state index contributed by atoms with van der Waals surface area (Å²) in [5, 5.41) is 9.22. The second kappa shape index (κ2) is 11.0. The maximum Gasteiger partial charge on any atom is 0.195 e. The van der Waals surface area contributed by atoms with E-state index in [0.29, 0.717) is 47.0 Å². The molecular weight excluding hydrogens is 584 g/mol. The fourth-order valence-electron chi connectivity index (χ4n) is 4.39. The van der Waals surface area contributed by atoms with E-state index in [1.165, 1.54) is 0 Å². The van der Waals surface area contributed by atoms with Crippen LogP contribution in [-0.2, 0) is 12.8 Å². The Kier molecular flexibility index (Phi) is 7.75.